The average Bonchev–Trinajstić information content (AvgIpc) is 2.86. The molecular formula is C28H31ClN2O3. The Bertz CT molecular complexity index is 1140. The molecule has 6 heteroatoms. The van der Waals surface area contributed by atoms with Crippen LogP contribution in [0.1, 0.15) is 34.0 Å². The molecule has 0 aromatic heterocycles. The molecule has 0 aliphatic carbocycles. The molecule has 0 spiro atoms. The lowest BCUT2D eigenvalue weighted by Gasteiger charge is -2.37. The predicted octanol–water partition coefficient (Wildman–Crippen LogP) is 5.90. The van der Waals surface area contributed by atoms with Crippen LogP contribution in [0.15, 0.2) is 60.7 Å². The molecule has 3 aromatic carbocycles. The minimum absolute atomic E-state index is 0.0297. The van der Waals surface area contributed by atoms with Gasteiger partial charge < -0.3 is 19.3 Å². The van der Waals surface area contributed by atoms with E-state index in [0.29, 0.717) is 31.9 Å². The number of halogens is 1. The van der Waals surface area contributed by atoms with Crippen LogP contribution in [0.25, 0.3) is 0 Å². The van der Waals surface area contributed by atoms with Crippen LogP contribution < -0.4 is 14.4 Å². The van der Waals surface area contributed by atoms with Gasteiger partial charge in [0.15, 0.2) is 0 Å². The van der Waals surface area contributed by atoms with Crippen LogP contribution in [-0.4, -0.2) is 43.6 Å². The molecule has 1 aliphatic heterocycles. The Morgan fingerprint density at radius 3 is 2.35 bits per heavy atom. The number of rotatable bonds is 7. The van der Waals surface area contributed by atoms with Gasteiger partial charge in [-0.15, -0.1) is 0 Å². The lowest BCUT2D eigenvalue weighted by atomic mass is 10.1. The summed E-state index contributed by atoms with van der Waals surface area (Å²) < 4.78 is 11.8. The van der Waals surface area contributed by atoms with E-state index in [-0.39, 0.29) is 5.91 Å². The second-order valence-corrected chi connectivity index (χ2v) is 9.00. The number of carbonyl (C=O) groups excluding carboxylic acids is 1. The Labute approximate surface area is 206 Å². The molecule has 0 unspecified atom stereocenters. The SMILES string of the molecule is CCOc1ccc(C(=O)N2CCN(c3cc(Cl)ccc3C)CC2)cc1COc1ccc(C)cc1. The Morgan fingerprint density at radius 1 is 0.912 bits per heavy atom. The van der Waals surface area contributed by atoms with Gasteiger partial charge in [-0.05, 0) is 68.8 Å². The van der Waals surface area contributed by atoms with Gasteiger partial charge >= 0.3 is 0 Å². The molecule has 0 N–H and O–H groups in total. The fraction of sp³-hybridized carbons (Fsp3) is 0.321. The maximum Gasteiger partial charge on any atom is 0.253 e. The second kappa shape index (κ2) is 10.8. The molecule has 178 valence electrons. The quantitative estimate of drug-likeness (QED) is 0.424. The zero-order valence-corrected chi connectivity index (χ0v) is 20.8. The van der Waals surface area contributed by atoms with Crippen LogP contribution in [0.3, 0.4) is 0 Å². The maximum atomic E-state index is 13.3. The predicted molar refractivity (Wildman–Crippen MR) is 137 cm³/mol. The third-order valence-electron chi connectivity index (χ3n) is 6.10. The third kappa shape index (κ3) is 5.65. The monoisotopic (exact) mass is 478 g/mol. The molecule has 0 bridgehead atoms. The van der Waals surface area contributed by atoms with Gasteiger partial charge in [-0.25, -0.2) is 0 Å². The van der Waals surface area contributed by atoms with Crippen molar-refractivity contribution in [2.45, 2.75) is 27.4 Å². The van der Waals surface area contributed by atoms with E-state index in [2.05, 4.69) is 11.8 Å². The van der Waals surface area contributed by atoms with Gasteiger partial charge in [0.05, 0.1) is 6.61 Å². The molecular weight excluding hydrogens is 448 g/mol. The molecule has 1 amide bonds. The van der Waals surface area contributed by atoms with Crippen LogP contribution in [0, 0.1) is 13.8 Å². The number of benzene rings is 3. The summed E-state index contributed by atoms with van der Waals surface area (Å²) in [5, 5.41) is 0.730. The van der Waals surface area contributed by atoms with Crippen molar-refractivity contribution in [3.63, 3.8) is 0 Å². The molecule has 1 heterocycles. The minimum Gasteiger partial charge on any atom is -0.493 e. The lowest BCUT2D eigenvalue weighted by molar-refractivity contribution is 0.0746. The van der Waals surface area contributed by atoms with E-state index in [4.69, 9.17) is 21.1 Å². The van der Waals surface area contributed by atoms with Crippen molar-refractivity contribution in [3.05, 3.63) is 87.9 Å². The highest BCUT2D eigenvalue weighted by Crippen LogP contribution is 2.27. The molecule has 4 rings (SSSR count). The van der Waals surface area contributed by atoms with Gasteiger partial charge in [-0.1, -0.05) is 35.4 Å². The number of carbonyl (C=O) groups is 1. The zero-order valence-electron chi connectivity index (χ0n) is 20.0. The van der Waals surface area contributed by atoms with Crippen molar-refractivity contribution >= 4 is 23.2 Å². The second-order valence-electron chi connectivity index (χ2n) is 8.57. The minimum atomic E-state index is 0.0297. The number of aryl methyl sites for hydroxylation is 2. The summed E-state index contributed by atoms with van der Waals surface area (Å²) in [5.74, 6) is 1.56. The molecule has 1 aliphatic rings. The van der Waals surface area contributed by atoms with E-state index >= 15 is 0 Å². The van der Waals surface area contributed by atoms with Gasteiger partial charge in [-0.3, -0.25) is 4.79 Å². The van der Waals surface area contributed by atoms with Gasteiger partial charge in [0.2, 0.25) is 0 Å². The van der Waals surface area contributed by atoms with Crippen molar-refractivity contribution in [2.24, 2.45) is 0 Å². The number of ether oxygens (including phenoxy) is 2. The molecule has 0 saturated carbocycles. The highest BCUT2D eigenvalue weighted by Gasteiger charge is 2.24. The standard InChI is InChI=1S/C28H31ClN2O3/c1-4-33-27-12-8-22(17-23(27)19-34-25-10-5-20(2)6-11-25)28(32)31-15-13-30(14-16-31)26-18-24(29)9-7-21(26)3/h5-12,17-18H,4,13-16,19H2,1-3H3. The first-order valence-corrected chi connectivity index (χ1v) is 12.1. The number of nitrogens with zero attached hydrogens (tertiary/aromatic N) is 2. The van der Waals surface area contributed by atoms with E-state index in [0.717, 1.165) is 40.9 Å². The first-order chi connectivity index (χ1) is 16.4. The van der Waals surface area contributed by atoms with Crippen molar-refractivity contribution in [2.75, 3.05) is 37.7 Å². The number of hydrogen-bond donors (Lipinski definition) is 0. The zero-order chi connectivity index (χ0) is 24.1. The number of piperazine rings is 1. The first kappa shape index (κ1) is 24.0. The smallest absolute Gasteiger partial charge is 0.253 e. The van der Waals surface area contributed by atoms with Crippen LogP contribution in [-0.2, 0) is 6.61 Å². The summed E-state index contributed by atoms with van der Waals surface area (Å²) in [6.45, 7) is 9.83. The molecule has 3 aromatic rings. The van der Waals surface area contributed by atoms with Crippen LogP contribution >= 0.6 is 11.6 Å². The van der Waals surface area contributed by atoms with Crippen molar-refractivity contribution < 1.29 is 14.3 Å². The van der Waals surface area contributed by atoms with Gasteiger partial charge in [-0.2, -0.15) is 0 Å². The highest BCUT2D eigenvalue weighted by atomic mass is 35.5. The van der Waals surface area contributed by atoms with E-state index in [1.807, 2.05) is 79.4 Å². The molecule has 5 nitrogen and oxygen atoms in total. The summed E-state index contributed by atoms with van der Waals surface area (Å²) in [6, 6.07) is 19.5. The summed E-state index contributed by atoms with van der Waals surface area (Å²) in [4.78, 5) is 17.5. The normalized spacial score (nSPS) is 13.6. The van der Waals surface area contributed by atoms with E-state index in [1.165, 1.54) is 11.1 Å². The largest absolute Gasteiger partial charge is 0.493 e. The fourth-order valence-electron chi connectivity index (χ4n) is 4.17. The Kier molecular flexibility index (Phi) is 7.63. The van der Waals surface area contributed by atoms with E-state index in [9.17, 15) is 4.79 Å². The maximum absolute atomic E-state index is 13.3. The van der Waals surface area contributed by atoms with Crippen molar-refractivity contribution in [1.29, 1.82) is 0 Å². The number of anilines is 1. The van der Waals surface area contributed by atoms with Gasteiger partial charge in [0, 0.05) is 48.0 Å². The molecule has 0 radical (unpaired) electrons. The number of amides is 1. The molecule has 34 heavy (non-hydrogen) atoms. The van der Waals surface area contributed by atoms with E-state index < -0.39 is 0 Å². The molecule has 1 saturated heterocycles. The summed E-state index contributed by atoms with van der Waals surface area (Å²) in [5.41, 5.74) is 5.02. The van der Waals surface area contributed by atoms with Crippen LogP contribution in [0.5, 0.6) is 11.5 Å². The van der Waals surface area contributed by atoms with E-state index in [1.54, 1.807) is 0 Å². The summed E-state index contributed by atoms with van der Waals surface area (Å²) in [7, 11) is 0. The first-order valence-electron chi connectivity index (χ1n) is 11.7. The lowest BCUT2D eigenvalue weighted by Crippen LogP contribution is -2.49. The van der Waals surface area contributed by atoms with Gasteiger partial charge in [0.25, 0.3) is 5.91 Å². The Morgan fingerprint density at radius 2 is 1.65 bits per heavy atom. The molecule has 1 fully saturated rings. The fourth-order valence-corrected chi connectivity index (χ4v) is 4.34. The molecule has 0 atom stereocenters. The summed E-state index contributed by atoms with van der Waals surface area (Å²) in [6.07, 6.45) is 0. The average molecular weight is 479 g/mol. The Balaban J connectivity index is 1.44. The highest BCUT2D eigenvalue weighted by molar-refractivity contribution is 6.30. The van der Waals surface area contributed by atoms with Crippen LogP contribution in [0.2, 0.25) is 5.02 Å². The topological polar surface area (TPSA) is 42.0 Å². The number of hydrogen-bond acceptors (Lipinski definition) is 4. The van der Waals surface area contributed by atoms with Gasteiger partial charge in [0.1, 0.15) is 18.1 Å². The van der Waals surface area contributed by atoms with Crippen LogP contribution in [0.4, 0.5) is 5.69 Å². The summed E-state index contributed by atoms with van der Waals surface area (Å²) >= 11 is 6.21. The van der Waals surface area contributed by atoms with Crippen molar-refractivity contribution in [3.8, 4) is 11.5 Å². The Hall–Kier alpha value is -3.18. The van der Waals surface area contributed by atoms with Crippen molar-refractivity contribution in [1.82, 2.24) is 4.90 Å². The third-order valence-corrected chi connectivity index (χ3v) is 6.34.